The van der Waals surface area contributed by atoms with Gasteiger partial charge < -0.3 is 0 Å². The molecule has 1 aromatic carbocycles. The first-order chi connectivity index (χ1) is 21.4. The number of hydrogen-bond donors (Lipinski definition) is 0. The number of hydrogen-bond acceptors (Lipinski definition) is 2. The first kappa shape index (κ1) is 36.6. The molecule has 1 aliphatic carbocycles. The van der Waals surface area contributed by atoms with Gasteiger partial charge in [-0.05, 0) is 92.0 Å². The van der Waals surface area contributed by atoms with Gasteiger partial charge in [-0.25, -0.2) is 0 Å². The lowest BCUT2D eigenvalue weighted by Crippen LogP contribution is -2.51. The molecule has 3 rings (SSSR count). The van der Waals surface area contributed by atoms with Crippen LogP contribution in [0, 0.1) is 5.41 Å². The van der Waals surface area contributed by atoms with E-state index in [1.165, 1.54) is 88.2 Å². The van der Waals surface area contributed by atoms with Crippen molar-refractivity contribution in [3.63, 3.8) is 0 Å². The molecule has 0 saturated heterocycles. The van der Waals surface area contributed by atoms with Crippen LogP contribution in [0.3, 0.4) is 0 Å². The highest BCUT2D eigenvalue weighted by Gasteiger charge is 2.64. The van der Waals surface area contributed by atoms with Crippen LogP contribution in [0.5, 0.6) is 0 Å². The second-order valence-electron chi connectivity index (χ2n) is 14.2. The average Bonchev–Trinajstić information content (AvgIpc) is 3.47. The molecule has 1 aliphatic heterocycles. The van der Waals surface area contributed by atoms with Crippen LogP contribution in [0.1, 0.15) is 198 Å². The number of benzene rings is 1. The minimum Gasteiger partial charge on any atom is -0.269 e. The minimum absolute atomic E-state index is 0.0141. The monoisotopic (exact) mass is 606 g/mol. The Balaban J connectivity index is 2.57. The summed E-state index contributed by atoms with van der Waals surface area (Å²) in [6, 6.07) is 2.40. The Morgan fingerprint density at radius 3 is 1.48 bits per heavy atom. The van der Waals surface area contributed by atoms with Crippen molar-refractivity contribution in [2.45, 2.75) is 195 Å². The zero-order chi connectivity index (χ0) is 32.2. The standard InChI is InChI=1S/C41H67NO2/c1-8-15-22-32-31-35-38(34(24-17-10-3)33(32)23-16-9-2)40(27-18-11-4,28-19-12-5)41(29-20-13-6,30-21-14-7)39(35)42-36(43)25-26-37(42)44/h25-26,31,39H,8-24,27-30H2,1-7H3/t39-/m1/s1. The number of unbranched alkanes of at least 4 members (excludes halogenated alkanes) is 7. The quantitative estimate of drug-likeness (QED) is 0.123. The second-order valence-corrected chi connectivity index (χ2v) is 14.2. The van der Waals surface area contributed by atoms with E-state index in [1.54, 1.807) is 33.7 Å². The molecule has 3 nitrogen and oxygen atoms in total. The topological polar surface area (TPSA) is 37.4 Å². The molecule has 1 heterocycles. The molecular formula is C41H67NO2. The Bertz CT molecular complexity index is 1060. The molecule has 0 saturated carbocycles. The molecule has 1 aromatic rings. The van der Waals surface area contributed by atoms with Crippen molar-refractivity contribution in [2.24, 2.45) is 5.41 Å². The molecule has 2 aliphatic rings. The van der Waals surface area contributed by atoms with Gasteiger partial charge in [0.25, 0.3) is 11.8 Å². The van der Waals surface area contributed by atoms with E-state index in [2.05, 4.69) is 54.5 Å². The maximum Gasteiger partial charge on any atom is 0.254 e. The maximum absolute atomic E-state index is 13.8. The highest BCUT2D eigenvalue weighted by atomic mass is 16.2. The molecule has 0 radical (unpaired) electrons. The minimum atomic E-state index is -0.166. The zero-order valence-corrected chi connectivity index (χ0v) is 29.9. The summed E-state index contributed by atoms with van der Waals surface area (Å²) in [4.78, 5) is 29.3. The van der Waals surface area contributed by atoms with Crippen molar-refractivity contribution in [1.82, 2.24) is 4.90 Å². The van der Waals surface area contributed by atoms with Crippen LogP contribution in [0.15, 0.2) is 18.2 Å². The third-order valence-electron chi connectivity index (χ3n) is 11.3. The predicted octanol–water partition coefficient (Wildman–Crippen LogP) is 11.7. The Kier molecular flexibility index (Phi) is 14.7. The molecule has 0 fully saturated rings. The van der Waals surface area contributed by atoms with E-state index in [0.717, 1.165) is 57.8 Å². The van der Waals surface area contributed by atoms with Crippen LogP contribution in [0.25, 0.3) is 0 Å². The SMILES string of the molecule is CCCCc1cc2c(c(CCCC)c1CCCC)C(CCCC)(CCCC)C(CCCC)(CCCC)[C@@H]2N1C(=O)C=CC1=O. The third kappa shape index (κ3) is 7.23. The fourth-order valence-corrected chi connectivity index (χ4v) is 9.08. The lowest BCUT2D eigenvalue weighted by molar-refractivity contribution is -0.145. The highest BCUT2D eigenvalue weighted by molar-refractivity contribution is 6.13. The molecule has 3 heteroatoms. The molecule has 0 bridgehead atoms. The van der Waals surface area contributed by atoms with Crippen LogP contribution >= 0.6 is 0 Å². The summed E-state index contributed by atoms with van der Waals surface area (Å²) in [5.41, 5.74) is 7.64. The summed E-state index contributed by atoms with van der Waals surface area (Å²) in [7, 11) is 0. The van der Waals surface area contributed by atoms with Crippen molar-refractivity contribution in [1.29, 1.82) is 0 Å². The number of carbonyl (C=O) groups is 2. The summed E-state index contributed by atoms with van der Waals surface area (Å²) in [6.07, 6.45) is 27.5. The second kappa shape index (κ2) is 17.7. The zero-order valence-electron chi connectivity index (χ0n) is 29.9. The van der Waals surface area contributed by atoms with Crippen molar-refractivity contribution in [2.75, 3.05) is 0 Å². The van der Waals surface area contributed by atoms with E-state index in [4.69, 9.17) is 0 Å². The lowest BCUT2D eigenvalue weighted by atomic mass is 9.53. The van der Waals surface area contributed by atoms with Gasteiger partial charge in [-0.15, -0.1) is 0 Å². The summed E-state index contributed by atoms with van der Waals surface area (Å²) in [5, 5.41) is 0. The number of fused-ring (bicyclic) bond motifs is 1. The third-order valence-corrected chi connectivity index (χ3v) is 11.3. The number of nitrogens with zero attached hydrogens (tertiary/aromatic N) is 1. The van der Waals surface area contributed by atoms with Crippen molar-refractivity contribution in [3.8, 4) is 0 Å². The number of carbonyl (C=O) groups excluding carboxylic acids is 2. The van der Waals surface area contributed by atoms with Gasteiger partial charge in [0, 0.05) is 23.0 Å². The van der Waals surface area contributed by atoms with E-state index in [0.29, 0.717) is 0 Å². The molecule has 44 heavy (non-hydrogen) atoms. The van der Waals surface area contributed by atoms with Gasteiger partial charge in [-0.2, -0.15) is 0 Å². The van der Waals surface area contributed by atoms with Crippen molar-refractivity contribution < 1.29 is 9.59 Å². The summed E-state index contributed by atoms with van der Waals surface area (Å²) in [5.74, 6) is -0.184. The fraction of sp³-hybridized carbons (Fsp3) is 0.756. The Labute approximate surface area is 272 Å². The van der Waals surface area contributed by atoms with Gasteiger partial charge in [0.2, 0.25) is 0 Å². The largest absolute Gasteiger partial charge is 0.269 e. The highest BCUT2D eigenvalue weighted by Crippen LogP contribution is 2.69. The summed E-state index contributed by atoms with van der Waals surface area (Å²) in [6.45, 7) is 16.3. The van der Waals surface area contributed by atoms with E-state index < -0.39 is 0 Å². The Morgan fingerprint density at radius 1 is 0.568 bits per heavy atom. The Morgan fingerprint density at radius 2 is 1.00 bits per heavy atom. The van der Waals surface area contributed by atoms with Gasteiger partial charge in [-0.3, -0.25) is 14.5 Å². The van der Waals surface area contributed by atoms with Crippen LogP contribution < -0.4 is 0 Å². The van der Waals surface area contributed by atoms with E-state index in [9.17, 15) is 9.59 Å². The predicted molar refractivity (Wildman–Crippen MR) is 188 cm³/mol. The van der Waals surface area contributed by atoms with Gasteiger partial charge in [0.1, 0.15) is 0 Å². The molecule has 0 unspecified atom stereocenters. The van der Waals surface area contributed by atoms with Gasteiger partial charge in [0.15, 0.2) is 0 Å². The fourth-order valence-electron chi connectivity index (χ4n) is 9.08. The van der Waals surface area contributed by atoms with Crippen LogP contribution in [-0.4, -0.2) is 16.7 Å². The maximum atomic E-state index is 13.8. The number of rotatable bonds is 22. The normalized spacial score (nSPS) is 18.5. The molecule has 0 spiro atoms. The molecule has 1 atom stereocenters. The number of imide groups is 1. The van der Waals surface area contributed by atoms with Crippen LogP contribution in [0.2, 0.25) is 0 Å². The van der Waals surface area contributed by atoms with Gasteiger partial charge in [-0.1, -0.05) is 125 Å². The lowest BCUT2D eigenvalue weighted by Gasteiger charge is -2.52. The molecule has 0 N–H and O–H groups in total. The van der Waals surface area contributed by atoms with Crippen LogP contribution in [-0.2, 0) is 34.3 Å². The number of aryl methyl sites for hydroxylation is 1. The summed E-state index contributed by atoms with van der Waals surface area (Å²) >= 11 is 0. The van der Waals surface area contributed by atoms with Gasteiger partial charge >= 0.3 is 0 Å². The van der Waals surface area contributed by atoms with Crippen molar-refractivity contribution >= 4 is 11.8 Å². The molecule has 248 valence electrons. The summed E-state index contributed by atoms with van der Waals surface area (Å²) < 4.78 is 0. The molecule has 2 amide bonds. The van der Waals surface area contributed by atoms with E-state index in [1.807, 2.05) is 0 Å². The van der Waals surface area contributed by atoms with Crippen LogP contribution in [0.4, 0.5) is 0 Å². The molecule has 0 aromatic heterocycles. The van der Waals surface area contributed by atoms with E-state index in [-0.39, 0.29) is 28.7 Å². The Hall–Kier alpha value is -1.90. The average molecular weight is 606 g/mol. The smallest absolute Gasteiger partial charge is 0.254 e. The number of amides is 2. The first-order valence-electron chi connectivity index (χ1n) is 19.1. The van der Waals surface area contributed by atoms with E-state index >= 15 is 0 Å². The molecular weight excluding hydrogens is 538 g/mol. The first-order valence-corrected chi connectivity index (χ1v) is 19.1. The van der Waals surface area contributed by atoms with Gasteiger partial charge in [0.05, 0.1) is 6.04 Å². The van der Waals surface area contributed by atoms with Crippen molar-refractivity contribution in [3.05, 3.63) is 46.0 Å².